The van der Waals surface area contributed by atoms with E-state index < -0.39 is 0 Å². The van der Waals surface area contributed by atoms with Crippen LogP contribution in [0.3, 0.4) is 0 Å². The molecule has 0 aliphatic heterocycles. The molecule has 0 saturated heterocycles. The summed E-state index contributed by atoms with van der Waals surface area (Å²) < 4.78 is 18.5. The molecule has 0 spiro atoms. The summed E-state index contributed by atoms with van der Waals surface area (Å²) in [7, 11) is 3.25. The summed E-state index contributed by atoms with van der Waals surface area (Å²) in [6.45, 7) is 2.83. The van der Waals surface area contributed by atoms with Crippen LogP contribution in [0.1, 0.15) is 25.5 Å². The second kappa shape index (κ2) is 10.4. The van der Waals surface area contributed by atoms with Gasteiger partial charge in [0, 0.05) is 28.5 Å². The monoisotopic (exact) mass is 465 g/mol. The maximum absolute atomic E-state index is 12.7. The molecule has 0 atom stereocenters. The number of rotatable bonds is 10. The predicted molar refractivity (Wildman–Crippen MR) is 131 cm³/mol. The minimum absolute atomic E-state index is 0.0939. The number of hydrogen-bond donors (Lipinski definition) is 1. The molecule has 0 bridgehead atoms. The average molecular weight is 466 g/mol. The Bertz CT molecular complexity index is 1230. The van der Waals surface area contributed by atoms with E-state index in [1.807, 2.05) is 58.4 Å². The van der Waals surface area contributed by atoms with Gasteiger partial charge in [-0.15, -0.1) is 11.3 Å². The lowest BCUT2D eigenvalue weighted by molar-refractivity contribution is -0.115. The fourth-order valence-electron chi connectivity index (χ4n) is 3.44. The van der Waals surface area contributed by atoms with Gasteiger partial charge in [-0.2, -0.15) is 0 Å². The van der Waals surface area contributed by atoms with Gasteiger partial charge in [0.2, 0.25) is 5.91 Å². The van der Waals surface area contributed by atoms with Crippen molar-refractivity contribution < 1.29 is 19.0 Å². The fraction of sp³-hybridized carbons (Fsp3) is 0.280. The van der Waals surface area contributed by atoms with E-state index in [-0.39, 0.29) is 12.3 Å². The van der Waals surface area contributed by atoms with Crippen LogP contribution in [-0.2, 0) is 11.2 Å². The fourth-order valence-corrected chi connectivity index (χ4v) is 4.31. The van der Waals surface area contributed by atoms with Crippen LogP contribution in [0.2, 0.25) is 0 Å². The summed E-state index contributed by atoms with van der Waals surface area (Å²) in [5.41, 5.74) is 3.21. The Kier molecular flexibility index (Phi) is 7.14. The van der Waals surface area contributed by atoms with Gasteiger partial charge in [0.25, 0.3) is 0 Å². The molecule has 1 amide bonds. The highest BCUT2D eigenvalue weighted by Crippen LogP contribution is 2.34. The van der Waals surface area contributed by atoms with Crippen molar-refractivity contribution in [3.05, 3.63) is 59.7 Å². The smallest absolute Gasteiger partial charge is 0.230 e. The third-order valence-corrected chi connectivity index (χ3v) is 6.10. The molecule has 0 fully saturated rings. The molecule has 4 rings (SSSR count). The van der Waals surface area contributed by atoms with Gasteiger partial charge in [-0.05, 0) is 48.9 Å². The summed E-state index contributed by atoms with van der Waals surface area (Å²) in [5.74, 6) is 2.15. The summed E-state index contributed by atoms with van der Waals surface area (Å²) >= 11 is 1.50. The number of ether oxygens (including phenoxy) is 3. The molecule has 1 N–H and O–H groups in total. The number of benzene rings is 2. The maximum Gasteiger partial charge on any atom is 0.230 e. The van der Waals surface area contributed by atoms with Gasteiger partial charge in [-0.25, -0.2) is 4.98 Å². The Morgan fingerprint density at radius 1 is 1.09 bits per heavy atom. The molecule has 2 aromatic carbocycles. The number of aromatic nitrogens is 2. The Balaban J connectivity index is 1.46. The summed E-state index contributed by atoms with van der Waals surface area (Å²) in [4.78, 5) is 18.2. The molecule has 2 aromatic heterocycles. The van der Waals surface area contributed by atoms with Crippen LogP contribution >= 0.6 is 11.3 Å². The van der Waals surface area contributed by atoms with E-state index >= 15 is 0 Å². The molecule has 0 aliphatic rings. The molecule has 0 radical (unpaired) electrons. The topological polar surface area (TPSA) is 74.1 Å². The van der Waals surface area contributed by atoms with E-state index in [2.05, 4.69) is 12.2 Å². The highest BCUT2D eigenvalue weighted by atomic mass is 32.1. The van der Waals surface area contributed by atoms with Crippen molar-refractivity contribution in [1.82, 2.24) is 9.38 Å². The largest absolute Gasteiger partial charge is 0.497 e. The van der Waals surface area contributed by atoms with Crippen LogP contribution in [0.15, 0.2) is 54.0 Å². The lowest BCUT2D eigenvalue weighted by Gasteiger charge is -2.08. The van der Waals surface area contributed by atoms with Gasteiger partial charge in [0.15, 0.2) is 4.96 Å². The summed E-state index contributed by atoms with van der Waals surface area (Å²) in [6.07, 6.45) is 4.28. The minimum atomic E-state index is -0.0939. The number of fused-ring (bicyclic) bond motifs is 1. The Morgan fingerprint density at radius 3 is 2.61 bits per heavy atom. The minimum Gasteiger partial charge on any atom is -0.497 e. The number of methoxy groups -OCH3 is 2. The molecular weight excluding hydrogens is 438 g/mol. The Morgan fingerprint density at radius 2 is 1.88 bits per heavy atom. The SMILES string of the molecule is CCCCOc1ccc(NC(=O)Cc2csc3nc(-c4cc(OC)ccc4OC)cn23)cc1. The Labute approximate surface area is 196 Å². The van der Waals surface area contributed by atoms with Gasteiger partial charge in [-0.1, -0.05) is 13.3 Å². The standard InChI is InChI=1S/C25H27N3O4S/c1-4-5-12-32-19-8-6-17(7-9-19)26-24(29)13-18-16-33-25-27-22(15-28(18)25)21-14-20(30-2)10-11-23(21)31-3/h6-11,14-16H,4-5,12-13H2,1-3H3,(H,26,29). The molecule has 8 heteroatoms. The number of nitrogens with one attached hydrogen (secondary N) is 1. The van der Waals surface area contributed by atoms with Crippen LogP contribution < -0.4 is 19.5 Å². The number of thiazole rings is 1. The molecule has 4 aromatic rings. The number of carbonyl (C=O) groups is 1. The molecule has 172 valence electrons. The van der Waals surface area contributed by atoms with Gasteiger partial charge in [-0.3, -0.25) is 9.20 Å². The number of nitrogens with zero attached hydrogens (tertiary/aromatic N) is 2. The number of imidazole rings is 1. The van der Waals surface area contributed by atoms with Crippen LogP contribution in [0.25, 0.3) is 16.2 Å². The number of amides is 1. The van der Waals surface area contributed by atoms with E-state index in [0.717, 1.165) is 51.9 Å². The van der Waals surface area contributed by atoms with E-state index in [4.69, 9.17) is 19.2 Å². The van der Waals surface area contributed by atoms with Crippen LogP contribution in [-0.4, -0.2) is 36.1 Å². The van der Waals surface area contributed by atoms with Crippen molar-refractivity contribution in [2.45, 2.75) is 26.2 Å². The first-order chi connectivity index (χ1) is 16.1. The first-order valence-electron chi connectivity index (χ1n) is 10.8. The summed E-state index contributed by atoms with van der Waals surface area (Å²) in [5, 5.41) is 4.91. The maximum atomic E-state index is 12.7. The van der Waals surface area contributed by atoms with E-state index in [1.54, 1.807) is 14.2 Å². The van der Waals surface area contributed by atoms with Crippen LogP contribution in [0, 0.1) is 0 Å². The van der Waals surface area contributed by atoms with Crippen molar-refractivity contribution >= 4 is 27.9 Å². The highest BCUT2D eigenvalue weighted by Gasteiger charge is 2.16. The third-order valence-electron chi connectivity index (χ3n) is 5.21. The second-order valence-electron chi connectivity index (χ2n) is 7.52. The Hall–Kier alpha value is -3.52. The van der Waals surface area contributed by atoms with Gasteiger partial charge in [0.1, 0.15) is 17.2 Å². The zero-order valence-electron chi connectivity index (χ0n) is 19.0. The van der Waals surface area contributed by atoms with Crippen molar-refractivity contribution in [2.24, 2.45) is 0 Å². The second-order valence-corrected chi connectivity index (χ2v) is 8.36. The van der Waals surface area contributed by atoms with Gasteiger partial charge in [0.05, 0.1) is 32.9 Å². The number of hydrogen-bond acceptors (Lipinski definition) is 6. The predicted octanol–water partition coefficient (Wildman–Crippen LogP) is 5.44. The van der Waals surface area contributed by atoms with Crippen molar-refractivity contribution in [3.8, 4) is 28.5 Å². The molecule has 2 heterocycles. The van der Waals surface area contributed by atoms with E-state index in [1.165, 1.54) is 11.3 Å². The summed E-state index contributed by atoms with van der Waals surface area (Å²) in [6, 6.07) is 13.1. The highest BCUT2D eigenvalue weighted by molar-refractivity contribution is 7.15. The lowest BCUT2D eigenvalue weighted by Crippen LogP contribution is -2.15. The molecule has 0 aliphatic carbocycles. The lowest BCUT2D eigenvalue weighted by atomic mass is 10.1. The zero-order valence-corrected chi connectivity index (χ0v) is 19.8. The van der Waals surface area contributed by atoms with Crippen LogP contribution in [0.4, 0.5) is 5.69 Å². The van der Waals surface area contributed by atoms with Gasteiger partial charge < -0.3 is 19.5 Å². The first-order valence-corrected chi connectivity index (χ1v) is 11.7. The molecule has 7 nitrogen and oxygen atoms in total. The molecule has 0 unspecified atom stereocenters. The van der Waals surface area contributed by atoms with Crippen molar-refractivity contribution in [2.75, 3.05) is 26.1 Å². The van der Waals surface area contributed by atoms with Crippen LogP contribution in [0.5, 0.6) is 17.2 Å². The first kappa shape index (κ1) is 22.7. The van der Waals surface area contributed by atoms with Crippen molar-refractivity contribution in [3.63, 3.8) is 0 Å². The number of unbranched alkanes of at least 4 members (excludes halogenated alkanes) is 1. The molecular formula is C25H27N3O4S. The molecule has 0 saturated carbocycles. The normalized spacial score (nSPS) is 10.9. The third kappa shape index (κ3) is 5.28. The molecule has 33 heavy (non-hydrogen) atoms. The zero-order chi connectivity index (χ0) is 23.2. The number of anilines is 1. The quantitative estimate of drug-likeness (QED) is 0.316. The van der Waals surface area contributed by atoms with E-state index in [0.29, 0.717) is 12.4 Å². The van der Waals surface area contributed by atoms with E-state index in [9.17, 15) is 4.79 Å². The van der Waals surface area contributed by atoms with Gasteiger partial charge >= 0.3 is 0 Å². The number of carbonyl (C=O) groups excluding carboxylic acids is 1. The average Bonchev–Trinajstić information content (AvgIpc) is 3.42. The van der Waals surface area contributed by atoms with Crippen molar-refractivity contribution in [1.29, 1.82) is 0 Å².